The van der Waals surface area contributed by atoms with Gasteiger partial charge in [-0.15, -0.1) is 11.3 Å². The zero-order valence-corrected chi connectivity index (χ0v) is 15.8. The number of fused-ring (bicyclic) bond motifs is 2. The van der Waals surface area contributed by atoms with Gasteiger partial charge in [-0.2, -0.15) is 0 Å². The number of anilines is 1. The number of aromatic nitrogens is 1. The first-order valence-corrected chi connectivity index (χ1v) is 9.87. The van der Waals surface area contributed by atoms with E-state index in [9.17, 15) is 4.79 Å². The average molecular weight is 373 g/mol. The summed E-state index contributed by atoms with van der Waals surface area (Å²) in [6.45, 7) is 4.15. The third-order valence-corrected chi connectivity index (χ3v) is 6.11. The maximum absolute atomic E-state index is 12.5. The molecule has 1 aliphatic carbocycles. The second-order valence-electron chi connectivity index (χ2n) is 6.80. The summed E-state index contributed by atoms with van der Waals surface area (Å²) in [5.41, 5.74) is 1.95. The standard InChI is InChI=1S/C19H23N3O3S/c1-11(18(23)21-13-7-8-15-16(9-13)25-10-24-15)20-12(2)19-22-14-5-3-4-6-17(14)26-19/h7-9,11-12,20H,3-6,10H2,1-2H3,(H,21,23)/t11-,12+/m0/s1. The molecule has 0 fully saturated rings. The first kappa shape index (κ1) is 17.3. The van der Waals surface area contributed by atoms with E-state index in [1.807, 2.05) is 13.0 Å². The molecule has 0 spiro atoms. The summed E-state index contributed by atoms with van der Waals surface area (Å²) in [5, 5.41) is 7.35. The number of aryl methyl sites for hydroxylation is 2. The third kappa shape index (κ3) is 3.54. The lowest BCUT2D eigenvalue weighted by molar-refractivity contribution is -0.117. The quantitative estimate of drug-likeness (QED) is 0.840. The van der Waals surface area contributed by atoms with Crippen LogP contribution in [0.2, 0.25) is 0 Å². The van der Waals surface area contributed by atoms with Gasteiger partial charge in [0.1, 0.15) is 5.01 Å². The van der Waals surface area contributed by atoms with Crippen molar-refractivity contribution in [3.8, 4) is 11.5 Å². The second kappa shape index (κ2) is 7.25. The number of carbonyl (C=O) groups excluding carboxylic acids is 1. The molecule has 6 nitrogen and oxygen atoms in total. The highest BCUT2D eigenvalue weighted by molar-refractivity contribution is 7.11. The molecule has 1 amide bonds. The smallest absolute Gasteiger partial charge is 0.241 e. The molecule has 2 N–H and O–H groups in total. The van der Waals surface area contributed by atoms with Crippen LogP contribution in [0, 0.1) is 0 Å². The van der Waals surface area contributed by atoms with Gasteiger partial charge < -0.3 is 14.8 Å². The van der Waals surface area contributed by atoms with E-state index in [1.54, 1.807) is 23.5 Å². The fourth-order valence-electron chi connectivity index (χ4n) is 3.30. The highest BCUT2D eigenvalue weighted by Gasteiger charge is 2.22. The van der Waals surface area contributed by atoms with Crippen molar-refractivity contribution in [2.75, 3.05) is 12.1 Å². The van der Waals surface area contributed by atoms with E-state index < -0.39 is 0 Å². The topological polar surface area (TPSA) is 72.5 Å². The number of nitrogens with zero attached hydrogens (tertiary/aromatic N) is 1. The van der Waals surface area contributed by atoms with E-state index in [1.165, 1.54) is 23.4 Å². The molecular formula is C19H23N3O3S. The molecule has 7 heteroatoms. The van der Waals surface area contributed by atoms with Crippen molar-refractivity contribution in [2.45, 2.75) is 51.6 Å². The molecule has 1 aliphatic heterocycles. The summed E-state index contributed by atoms with van der Waals surface area (Å²) in [7, 11) is 0. The molecule has 0 radical (unpaired) electrons. The van der Waals surface area contributed by atoms with Gasteiger partial charge >= 0.3 is 0 Å². The Balaban J connectivity index is 1.37. The van der Waals surface area contributed by atoms with E-state index in [-0.39, 0.29) is 24.8 Å². The molecule has 4 rings (SSSR count). The van der Waals surface area contributed by atoms with Crippen molar-refractivity contribution < 1.29 is 14.3 Å². The Hall–Kier alpha value is -2.12. The van der Waals surface area contributed by atoms with Crippen LogP contribution in [0.25, 0.3) is 0 Å². The van der Waals surface area contributed by atoms with Gasteiger partial charge in [-0.05, 0) is 51.7 Å². The average Bonchev–Trinajstić information content (AvgIpc) is 3.27. The number of hydrogen-bond acceptors (Lipinski definition) is 6. The molecule has 0 saturated carbocycles. The predicted octanol–water partition coefficient (Wildman–Crippen LogP) is 3.43. The minimum absolute atomic E-state index is 0.0445. The lowest BCUT2D eigenvalue weighted by atomic mass is 10.0. The summed E-state index contributed by atoms with van der Waals surface area (Å²) in [5.74, 6) is 1.28. The van der Waals surface area contributed by atoms with Crippen LogP contribution in [0.3, 0.4) is 0 Å². The molecule has 26 heavy (non-hydrogen) atoms. The van der Waals surface area contributed by atoms with Crippen LogP contribution in [0.15, 0.2) is 18.2 Å². The summed E-state index contributed by atoms with van der Waals surface area (Å²) < 4.78 is 10.6. The summed E-state index contributed by atoms with van der Waals surface area (Å²) in [4.78, 5) is 18.7. The predicted molar refractivity (Wildman–Crippen MR) is 101 cm³/mol. The molecule has 2 heterocycles. The Morgan fingerprint density at radius 3 is 2.85 bits per heavy atom. The molecule has 1 aromatic carbocycles. The summed E-state index contributed by atoms with van der Waals surface area (Å²) in [6.07, 6.45) is 4.70. The fourth-order valence-corrected chi connectivity index (χ4v) is 4.47. The molecular weight excluding hydrogens is 350 g/mol. The van der Waals surface area contributed by atoms with Gasteiger partial charge in [0, 0.05) is 16.6 Å². The van der Waals surface area contributed by atoms with Gasteiger partial charge in [0.05, 0.1) is 17.8 Å². The molecule has 1 aromatic heterocycles. The van der Waals surface area contributed by atoms with Crippen LogP contribution in [0.5, 0.6) is 11.5 Å². The number of hydrogen-bond donors (Lipinski definition) is 2. The van der Waals surface area contributed by atoms with E-state index in [0.29, 0.717) is 17.2 Å². The fraction of sp³-hybridized carbons (Fsp3) is 0.474. The van der Waals surface area contributed by atoms with Crippen molar-refractivity contribution >= 4 is 22.9 Å². The van der Waals surface area contributed by atoms with Crippen molar-refractivity contribution in [3.63, 3.8) is 0 Å². The van der Waals surface area contributed by atoms with Crippen molar-refractivity contribution in [3.05, 3.63) is 33.8 Å². The van der Waals surface area contributed by atoms with Crippen LogP contribution in [0.1, 0.15) is 48.3 Å². The normalized spacial score (nSPS) is 17.5. The molecule has 2 aromatic rings. The first-order chi connectivity index (χ1) is 12.6. The molecule has 0 bridgehead atoms. The van der Waals surface area contributed by atoms with E-state index in [4.69, 9.17) is 14.5 Å². The molecule has 0 unspecified atom stereocenters. The number of ether oxygens (including phenoxy) is 2. The van der Waals surface area contributed by atoms with Crippen LogP contribution >= 0.6 is 11.3 Å². The number of nitrogens with one attached hydrogen (secondary N) is 2. The number of amides is 1. The maximum Gasteiger partial charge on any atom is 0.241 e. The van der Waals surface area contributed by atoms with Crippen molar-refractivity contribution in [1.82, 2.24) is 10.3 Å². The molecule has 138 valence electrons. The largest absolute Gasteiger partial charge is 0.454 e. The van der Waals surface area contributed by atoms with Crippen LogP contribution in [0.4, 0.5) is 5.69 Å². The lowest BCUT2D eigenvalue weighted by Crippen LogP contribution is -2.39. The zero-order chi connectivity index (χ0) is 18.1. The van der Waals surface area contributed by atoms with Crippen LogP contribution < -0.4 is 20.1 Å². The summed E-state index contributed by atoms with van der Waals surface area (Å²) in [6, 6.07) is 5.11. The number of rotatable bonds is 5. The van der Waals surface area contributed by atoms with Crippen LogP contribution in [-0.2, 0) is 17.6 Å². The van der Waals surface area contributed by atoms with Gasteiger partial charge in [0.25, 0.3) is 0 Å². The Bertz CT molecular complexity index is 797. The minimum atomic E-state index is -0.337. The Morgan fingerprint density at radius 1 is 1.19 bits per heavy atom. The van der Waals surface area contributed by atoms with E-state index in [2.05, 4.69) is 17.6 Å². The molecule has 0 saturated heterocycles. The van der Waals surface area contributed by atoms with Gasteiger partial charge in [-0.1, -0.05) is 0 Å². The Labute approximate surface area is 156 Å². The highest BCUT2D eigenvalue weighted by atomic mass is 32.1. The molecule has 2 aliphatic rings. The number of thiazole rings is 1. The first-order valence-electron chi connectivity index (χ1n) is 9.05. The third-order valence-electron chi connectivity index (χ3n) is 4.77. The lowest BCUT2D eigenvalue weighted by Gasteiger charge is -2.18. The van der Waals surface area contributed by atoms with Crippen molar-refractivity contribution in [1.29, 1.82) is 0 Å². The van der Waals surface area contributed by atoms with Gasteiger partial charge in [0.15, 0.2) is 11.5 Å². The van der Waals surface area contributed by atoms with Gasteiger partial charge in [0.2, 0.25) is 12.7 Å². The van der Waals surface area contributed by atoms with Crippen molar-refractivity contribution in [2.24, 2.45) is 0 Å². The van der Waals surface area contributed by atoms with Gasteiger partial charge in [-0.3, -0.25) is 10.1 Å². The Morgan fingerprint density at radius 2 is 2.00 bits per heavy atom. The second-order valence-corrected chi connectivity index (χ2v) is 7.91. The van der Waals surface area contributed by atoms with E-state index in [0.717, 1.165) is 17.8 Å². The number of carbonyl (C=O) groups is 1. The van der Waals surface area contributed by atoms with E-state index >= 15 is 0 Å². The summed E-state index contributed by atoms with van der Waals surface area (Å²) >= 11 is 1.78. The number of benzene rings is 1. The maximum atomic E-state index is 12.5. The highest BCUT2D eigenvalue weighted by Crippen LogP contribution is 2.34. The SMILES string of the molecule is C[C@H](N[C@H](C)c1nc2c(s1)CCCC2)C(=O)Nc1ccc2c(c1)OCO2. The molecule has 2 atom stereocenters. The minimum Gasteiger partial charge on any atom is -0.454 e. The Kier molecular flexibility index (Phi) is 4.82. The zero-order valence-electron chi connectivity index (χ0n) is 15.0. The monoisotopic (exact) mass is 373 g/mol. The van der Waals surface area contributed by atoms with Crippen LogP contribution in [-0.4, -0.2) is 23.7 Å². The van der Waals surface area contributed by atoms with Gasteiger partial charge in [-0.25, -0.2) is 4.98 Å².